The van der Waals surface area contributed by atoms with Crippen LogP contribution >= 0.6 is 11.8 Å². The van der Waals surface area contributed by atoms with E-state index in [9.17, 15) is 9.59 Å². The van der Waals surface area contributed by atoms with Gasteiger partial charge in [0.1, 0.15) is 5.82 Å². The molecule has 5 rings (SSSR count). The van der Waals surface area contributed by atoms with Gasteiger partial charge in [-0.25, -0.2) is 14.8 Å². The van der Waals surface area contributed by atoms with Crippen molar-refractivity contribution >= 4 is 39.7 Å². The van der Waals surface area contributed by atoms with Gasteiger partial charge in [0.2, 0.25) is 0 Å². The van der Waals surface area contributed by atoms with Gasteiger partial charge < -0.3 is 14.3 Å². The lowest BCUT2D eigenvalue weighted by atomic mass is 9.95. The van der Waals surface area contributed by atoms with Crippen LogP contribution < -0.4 is 5.56 Å². The number of hydrogen-bond acceptors (Lipinski definition) is 6. The van der Waals surface area contributed by atoms with E-state index in [-0.39, 0.29) is 5.56 Å². The average Bonchev–Trinajstić information content (AvgIpc) is 3.21. The van der Waals surface area contributed by atoms with E-state index in [1.807, 2.05) is 12.1 Å². The molecule has 7 nitrogen and oxygen atoms in total. The quantitative estimate of drug-likeness (QED) is 0.346. The monoisotopic (exact) mass is 448 g/mol. The van der Waals surface area contributed by atoms with Crippen molar-refractivity contribution in [3.8, 4) is 0 Å². The van der Waals surface area contributed by atoms with E-state index in [4.69, 9.17) is 9.72 Å². The lowest BCUT2D eigenvalue weighted by Crippen LogP contribution is -2.14. The molecule has 0 aliphatic heterocycles. The number of thioether (sulfide) groups is 1. The standard InChI is InChI=1S/C24H24N4O3S/c1-31-23(30)15-11-12-17-19(13-15)25-21(27-22(17)29)14-32-24-26-18-9-5-6-10-20(18)28(24)16-7-3-2-4-8-16/h5-6,9-13,16H,2-4,7-8,14H2,1H3,(H,25,27,29). The minimum absolute atomic E-state index is 0.220. The van der Waals surface area contributed by atoms with Crippen molar-refractivity contribution in [1.82, 2.24) is 19.5 Å². The summed E-state index contributed by atoms with van der Waals surface area (Å²) in [6.45, 7) is 0. The number of carbonyl (C=O) groups is 1. The number of hydrogen-bond donors (Lipinski definition) is 1. The number of rotatable bonds is 5. The van der Waals surface area contributed by atoms with Gasteiger partial charge in [-0.3, -0.25) is 4.79 Å². The van der Waals surface area contributed by atoms with E-state index in [0.29, 0.717) is 34.1 Å². The minimum atomic E-state index is -0.453. The molecule has 0 unspecified atom stereocenters. The molecule has 1 N–H and O–H groups in total. The number of nitrogens with zero attached hydrogens (tertiary/aromatic N) is 3. The van der Waals surface area contributed by atoms with E-state index in [1.54, 1.807) is 30.0 Å². The summed E-state index contributed by atoms with van der Waals surface area (Å²) >= 11 is 1.58. The second-order valence-corrected chi connectivity index (χ2v) is 9.01. The molecule has 0 spiro atoms. The second kappa shape index (κ2) is 8.78. The van der Waals surface area contributed by atoms with Gasteiger partial charge >= 0.3 is 5.97 Å². The summed E-state index contributed by atoms with van der Waals surface area (Å²) < 4.78 is 7.15. The van der Waals surface area contributed by atoms with Crippen LogP contribution in [-0.2, 0) is 10.5 Å². The zero-order valence-corrected chi connectivity index (χ0v) is 18.7. The smallest absolute Gasteiger partial charge is 0.337 e. The maximum Gasteiger partial charge on any atom is 0.337 e. The number of imidazole rings is 1. The number of aromatic nitrogens is 4. The summed E-state index contributed by atoms with van der Waals surface area (Å²) in [6.07, 6.45) is 6.10. The number of carbonyl (C=O) groups excluding carboxylic acids is 1. The molecule has 0 atom stereocenters. The third-order valence-electron chi connectivity index (χ3n) is 6.02. The number of nitrogens with one attached hydrogen (secondary N) is 1. The van der Waals surface area contributed by atoms with Crippen LogP contribution in [0.2, 0.25) is 0 Å². The summed E-state index contributed by atoms with van der Waals surface area (Å²) in [5.41, 5.74) is 2.78. The number of fused-ring (bicyclic) bond motifs is 2. The molecular formula is C24H24N4O3S. The van der Waals surface area contributed by atoms with Gasteiger partial charge in [0.15, 0.2) is 5.16 Å². The molecule has 1 aliphatic rings. The Morgan fingerprint density at radius 3 is 2.75 bits per heavy atom. The zero-order valence-electron chi connectivity index (χ0n) is 17.8. The van der Waals surface area contributed by atoms with Crippen LogP contribution in [0.5, 0.6) is 0 Å². The van der Waals surface area contributed by atoms with Gasteiger partial charge in [0.05, 0.1) is 40.4 Å². The normalized spacial score (nSPS) is 14.8. The first-order valence-electron chi connectivity index (χ1n) is 10.8. The van der Waals surface area contributed by atoms with E-state index in [0.717, 1.165) is 29.0 Å². The molecule has 2 aromatic heterocycles. The summed E-state index contributed by atoms with van der Waals surface area (Å²) in [6, 6.07) is 13.5. The fourth-order valence-electron chi connectivity index (χ4n) is 4.45. The van der Waals surface area contributed by atoms with Crippen molar-refractivity contribution in [3.63, 3.8) is 0 Å². The maximum absolute atomic E-state index is 12.6. The van der Waals surface area contributed by atoms with E-state index < -0.39 is 5.97 Å². The predicted octanol–water partition coefficient (Wildman–Crippen LogP) is 4.86. The lowest BCUT2D eigenvalue weighted by Gasteiger charge is -2.25. The van der Waals surface area contributed by atoms with Crippen molar-refractivity contribution in [2.75, 3.05) is 7.11 Å². The fraction of sp³-hybridized carbons (Fsp3) is 0.333. The molecule has 164 valence electrons. The van der Waals surface area contributed by atoms with Crippen LogP contribution in [0.3, 0.4) is 0 Å². The SMILES string of the molecule is COC(=O)c1ccc2c(=O)[nH]c(CSc3nc4ccccc4n3C3CCCCC3)nc2c1. The topological polar surface area (TPSA) is 89.9 Å². The first-order valence-corrected chi connectivity index (χ1v) is 11.8. The summed E-state index contributed by atoms with van der Waals surface area (Å²) in [7, 11) is 1.33. The number of benzene rings is 2. The number of H-pyrrole nitrogens is 1. The molecule has 1 aliphatic carbocycles. The Morgan fingerprint density at radius 2 is 1.94 bits per heavy atom. The van der Waals surface area contributed by atoms with Crippen LogP contribution in [0.4, 0.5) is 0 Å². The van der Waals surface area contributed by atoms with E-state index >= 15 is 0 Å². The molecule has 2 heterocycles. The lowest BCUT2D eigenvalue weighted by molar-refractivity contribution is 0.0601. The Kier molecular flexibility index (Phi) is 5.70. The number of para-hydroxylation sites is 2. The van der Waals surface area contributed by atoms with Crippen LogP contribution in [0.1, 0.15) is 54.3 Å². The van der Waals surface area contributed by atoms with Crippen molar-refractivity contribution in [2.24, 2.45) is 0 Å². The summed E-state index contributed by atoms with van der Waals surface area (Å²) in [4.78, 5) is 36.8. The van der Waals surface area contributed by atoms with Crippen LogP contribution in [-0.4, -0.2) is 32.6 Å². The highest BCUT2D eigenvalue weighted by atomic mass is 32.2. The van der Waals surface area contributed by atoms with Crippen molar-refractivity contribution in [3.05, 3.63) is 64.2 Å². The zero-order chi connectivity index (χ0) is 22.1. The van der Waals surface area contributed by atoms with Crippen LogP contribution in [0, 0.1) is 0 Å². The Balaban J connectivity index is 1.47. The predicted molar refractivity (Wildman–Crippen MR) is 125 cm³/mol. The van der Waals surface area contributed by atoms with E-state index in [2.05, 4.69) is 26.7 Å². The van der Waals surface area contributed by atoms with Gasteiger partial charge in [-0.1, -0.05) is 43.2 Å². The molecule has 0 saturated heterocycles. The molecule has 0 bridgehead atoms. The molecule has 1 fully saturated rings. The highest BCUT2D eigenvalue weighted by Crippen LogP contribution is 2.36. The first-order chi connectivity index (χ1) is 15.6. The van der Waals surface area contributed by atoms with Crippen molar-refractivity contribution < 1.29 is 9.53 Å². The van der Waals surface area contributed by atoms with Gasteiger partial charge in [-0.15, -0.1) is 0 Å². The van der Waals surface area contributed by atoms with Gasteiger partial charge in [-0.2, -0.15) is 0 Å². The Morgan fingerprint density at radius 1 is 1.12 bits per heavy atom. The number of aromatic amines is 1. The van der Waals surface area contributed by atoms with Crippen LogP contribution in [0.15, 0.2) is 52.4 Å². The van der Waals surface area contributed by atoms with Crippen molar-refractivity contribution in [1.29, 1.82) is 0 Å². The number of ether oxygens (including phenoxy) is 1. The van der Waals surface area contributed by atoms with Gasteiger partial charge in [0.25, 0.3) is 5.56 Å². The van der Waals surface area contributed by atoms with Gasteiger partial charge in [0, 0.05) is 6.04 Å². The first kappa shape index (κ1) is 20.8. The van der Waals surface area contributed by atoms with Crippen LogP contribution in [0.25, 0.3) is 21.9 Å². The largest absolute Gasteiger partial charge is 0.465 e. The highest BCUT2D eigenvalue weighted by molar-refractivity contribution is 7.98. The molecule has 8 heteroatoms. The summed E-state index contributed by atoms with van der Waals surface area (Å²) in [5.74, 6) is 0.576. The average molecular weight is 449 g/mol. The molecule has 0 radical (unpaired) electrons. The van der Waals surface area contributed by atoms with E-state index in [1.165, 1.54) is 26.4 Å². The van der Waals surface area contributed by atoms with Crippen molar-refractivity contribution in [2.45, 2.75) is 49.1 Å². The Bertz CT molecular complexity index is 1350. The molecule has 1 saturated carbocycles. The Hall–Kier alpha value is -3.13. The molecular weight excluding hydrogens is 424 g/mol. The molecule has 0 amide bonds. The second-order valence-electron chi connectivity index (χ2n) is 8.07. The molecule has 4 aromatic rings. The fourth-order valence-corrected chi connectivity index (χ4v) is 5.40. The highest BCUT2D eigenvalue weighted by Gasteiger charge is 2.22. The number of esters is 1. The summed E-state index contributed by atoms with van der Waals surface area (Å²) in [5, 5.41) is 1.39. The minimum Gasteiger partial charge on any atom is -0.465 e. The number of methoxy groups -OCH3 is 1. The third-order valence-corrected chi connectivity index (χ3v) is 6.98. The molecule has 32 heavy (non-hydrogen) atoms. The molecule has 2 aromatic carbocycles. The Labute approximate surface area is 189 Å². The van der Waals surface area contributed by atoms with Gasteiger partial charge in [-0.05, 0) is 43.2 Å². The third kappa shape index (κ3) is 3.90. The maximum atomic E-state index is 12.6.